The predicted octanol–water partition coefficient (Wildman–Crippen LogP) is 2.48. The van der Waals surface area contributed by atoms with Gasteiger partial charge in [-0.25, -0.2) is 4.98 Å². The molecule has 1 N–H and O–H groups in total. The smallest absolute Gasteiger partial charge is 0.276 e. The summed E-state index contributed by atoms with van der Waals surface area (Å²) in [5.41, 5.74) is 2.70. The van der Waals surface area contributed by atoms with Gasteiger partial charge >= 0.3 is 0 Å². The van der Waals surface area contributed by atoms with E-state index in [2.05, 4.69) is 27.3 Å². The van der Waals surface area contributed by atoms with Gasteiger partial charge in [0.1, 0.15) is 18.7 Å². The number of piperidine rings is 1. The van der Waals surface area contributed by atoms with Crippen LogP contribution in [0, 0.1) is 0 Å². The van der Waals surface area contributed by atoms with Crippen molar-refractivity contribution in [3.05, 3.63) is 54.4 Å². The maximum absolute atomic E-state index is 12.8. The van der Waals surface area contributed by atoms with Gasteiger partial charge in [-0.3, -0.25) is 14.0 Å². The summed E-state index contributed by atoms with van der Waals surface area (Å²) >= 11 is 0. The zero-order valence-electron chi connectivity index (χ0n) is 15.7. The predicted molar refractivity (Wildman–Crippen MR) is 104 cm³/mol. The standard InChI is InChI=1S/C20H22N6O2/c1-24-8-6-15(7-9-24)26-11-14(10-22-26)23-20(27)19-17-12-28-18-5-3-2-4-16(18)25(17)13-21-19/h2-5,10-11,13,15H,6-9,12H2,1H3,(H,23,27). The first-order chi connectivity index (χ1) is 13.7. The molecular formula is C20H22N6O2. The third kappa shape index (κ3) is 2.95. The lowest BCUT2D eigenvalue weighted by Gasteiger charge is -2.28. The first kappa shape index (κ1) is 17.0. The fourth-order valence-corrected chi connectivity index (χ4v) is 3.89. The molecule has 0 saturated carbocycles. The van der Waals surface area contributed by atoms with Gasteiger partial charge in [0, 0.05) is 6.20 Å². The van der Waals surface area contributed by atoms with E-state index in [9.17, 15) is 4.79 Å². The molecule has 28 heavy (non-hydrogen) atoms. The van der Waals surface area contributed by atoms with E-state index in [1.54, 1.807) is 12.5 Å². The van der Waals surface area contributed by atoms with E-state index in [4.69, 9.17) is 4.74 Å². The molecule has 5 rings (SSSR count). The average molecular weight is 378 g/mol. The van der Waals surface area contributed by atoms with Gasteiger partial charge in [0.15, 0.2) is 5.69 Å². The van der Waals surface area contributed by atoms with Gasteiger partial charge in [-0.15, -0.1) is 0 Å². The van der Waals surface area contributed by atoms with E-state index in [0.29, 0.717) is 24.0 Å². The van der Waals surface area contributed by atoms with Gasteiger partial charge in [0.05, 0.1) is 29.3 Å². The molecule has 2 aromatic heterocycles. The fourth-order valence-electron chi connectivity index (χ4n) is 3.89. The van der Waals surface area contributed by atoms with Crippen LogP contribution in [0.5, 0.6) is 5.75 Å². The number of carbonyl (C=O) groups excluding carboxylic acids is 1. The Morgan fingerprint density at radius 1 is 1.25 bits per heavy atom. The second kappa shape index (κ2) is 6.79. The Morgan fingerprint density at radius 3 is 2.93 bits per heavy atom. The van der Waals surface area contributed by atoms with Crippen molar-refractivity contribution in [3.63, 3.8) is 0 Å². The summed E-state index contributed by atoms with van der Waals surface area (Å²) in [7, 11) is 2.14. The van der Waals surface area contributed by atoms with Crippen molar-refractivity contribution in [1.82, 2.24) is 24.2 Å². The topological polar surface area (TPSA) is 77.2 Å². The minimum atomic E-state index is -0.250. The molecule has 2 aliphatic heterocycles. The summed E-state index contributed by atoms with van der Waals surface area (Å²) in [6.07, 6.45) is 7.41. The van der Waals surface area contributed by atoms with Crippen LogP contribution in [0.15, 0.2) is 43.0 Å². The van der Waals surface area contributed by atoms with Crippen LogP contribution >= 0.6 is 0 Å². The minimum Gasteiger partial charge on any atom is -0.485 e. The molecule has 0 aliphatic carbocycles. The van der Waals surface area contributed by atoms with Crippen molar-refractivity contribution in [2.24, 2.45) is 0 Å². The molecule has 1 amide bonds. The van der Waals surface area contributed by atoms with Gasteiger partial charge in [0.2, 0.25) is 0 Å². The highest BCUT2D eigenvalue weighted by molar-refractivity contribution is 6.03. The highest BCUT2D eigenvalue weighted by Crippen LogP contribution is 2.30. The first-order valence-electron chi connectivity index (χ1n) is 9.51. The quantitative estimate of drug-likeness (QED) is 0.758. The Kier molecular flexibility index (Phi) is 4.12. The third-order valence-electron chi connectivity index (χ3n) is 5.49. The number of likely N-dealkylation sites (tertiary alicyclic amines) is 1. The molecular weight excluding hydrogens is 356 g/mol. The minimum absolute atomic E-state index is 0.250. The van der Waals surface area contributed by atoms with E-state index in [0.717, 1.165) is 43.1 Å². The monoisotopic (exact) mass is 378 g/mol. The molecule has 8 heteroatoms. The molecule has 0 radical (unpaired) electrons. The molecule has 0 spiro atoms. The van der Waals surface area contributed by atoms with Crippen LogP contribution in [0.25, 0.3) is 5.69 Å². The summed E-state index contributed by atoms with van der Waals surface area (Å²) in [6, 6.07) is 8.11. The Morgan fingerprint density at radius 2 is 2.07 bits per heavy atom. The number of carbonyl (C=O) groups is 1. The number of amides is 1. The van der Waals surface area contributed by atoms with Crippen molar-refractivity contribution in [3.8, 4) is 11.4 Å². The maximum atomic E-state index is 12.8. The third-order valence-corrected chi connectivity index (χ3v) is 5.49. The lowest BCUT2D eigenvalue weighted by Crippen LogP contribution is -2.31. The van der Waals surface area contributed by atoms with Gasteiger partial charge in [0.25, 0.3) is 5.91 Å². The first-order valence-corrected chi connectivity index (χ1v) is 9.51. The molecule has 0 unspecified atom stereocenters. The molecule has 1 fully saturated rings. The van der Waals surface area contributed by atoms with E-state index in [-0.39, 0.29) is 5.91 Å². The number of rotatable bonds is 3. The number of nitrogens with zero attached hydrogens (tertiary/aromatic N) is 5. The number of benzene rings is 1. The van der Waals surface area contributed by atoms with Crippen molar-refractivity contribution < 1.29 is 9.53 Å². The number of aromatic nitrogens is 4. The maximum Gasteiger partial charge on any atom is 0.276 e. The lowest BCUT2D eigenvalue weighted by molar-refractivity contribution is 0.101. The van der Waals surface area contributed by atoms with Crippen LogP contribution in [-0.2, 0) is 6.61 Å². The Bertz CT molecular complexity index is 1020. The number of imidazole rings is 1. The highest BCUT2D eigenvalue weighted by Gasteiger charge is 2.25. The normalized spacial score (nSPS) is 16.9. The van der Waals surface area contributed by atoms with Gasteiger partial charge in [-0.1, -0.05) is 12.1 Å². The number of anilines is 1. The molecule has 1 aromatic carbocycles. The van der Waals surface area contributed by atoms with Crippen molar-refractivity contribution in [2.75, 3.05) is 25.5 Å². The van der Waals surface area contributed by atoms with Crippen LogP contribution in [0.4, 0.5) is 5.69 Å². The average Bonchev–Trinajstić information content (AvgIpc) is 3.35. The number of nitrogens with one attached hydrogen (secondary N) is 1. The zero-order chi connectivity index (χ0) is 19.1. The van der Waals surface area contributed by atoms with Crippen LogP contribution in [0.1, 0.15) is 35.1 Å². The number of para-hydroxylation sites is 2. The molecule has 0 atom stereocenters. The summed E-state index contributed by atoms with van der Waals surface area (Å²) in [5, 5.41) is 7.37. The summed E-state index contributed by atoms with van der Waals surface area (Å²) < 4.78 is 9.66. The van der Waals surface area contributed by atoms with E-state index < -0.39 is 0 Å². The van der Waals surface area contributed by atoms with Crippen LogP contribution in [0.3, 0.4) is 0 Å². The Labute approximate surface area is 162 Å². The fraction of sp³-hybridized carbons (Fsp3) is 0.350. The van der Waals surface area contributed by atoms with Crippen LogP contribution < -0.4 is 10.1 Å². The molecule has 144 valence electrons. The molecule has 8 nitrogen and oxygen atoms in total. The van der Waals surface area contributed by atoms with Crippen LogP contribution in [-0.4, -0.2) is 50.3 Å². The molecule has 3 aromatic rings. The second-order valence-corrected chi connectivity index (χ2v) is 7.36. The molecule has 4 heterocycles. The largest absolute Gasteiger partial charge is 0.485 e. The molecule has 0 bridgehead atoms. The van der Waals surface area contributed by atoms with E-state index in [1.165, 1.54) is 0 Å². The Balaban J connectivity index is 1.33. The van der Waals surface area contributed by atoms with Gasteiger partial charge < -0.3 is 15.0 Å². The van der Waals surface area contributed by atoms with Gasteiger partial charge in [-0.05, 0) is 45.1 Å². The van der Waals surface area contributed by atoms with E-state index in [1.807, 2.05) is 39.7 Å². The van der Waals surface area contributed by atoms with Crippen LogP contribution in [0.2, 0.25) is 0 Å². The summed E-state index contributed by atoms with van der Waals surface area (Å²) in [6.45, 7) is 2.44. The van der Waals surface area contributed by atoms with Crippen molar-refractivity contribution >= 4 is 11.6 Å². The molecule has 2 aliphatic rings. The number of fused-ring (bicyclic) bond motifs is 3. The second-order valence-electron chi connectivity index (χ2n) is 7.36. The number of ether oxygens (including phenoxy) is 1. The van der Waals surface area contributed by atoms with E-state index >= 15 is 0 Å². The SMILES string of the molecule is CN1CCC(n2cc(NC(=O)c3ncn4c3COc3ccccc3-4)cn2)CC1. The van der Waals surface area contributed by atoms with Crippen molar-refractivity contribution in [1.29, 1.82) is 0 Å². The Hall–Kier alpha value is -3.13. The highest BCUT2D eigenvalue weighted by atomic mass is 16.5. The van der Waals surface area contributed by atoms with Gasteiger partial charge in [-0.2, -0.15) is 5.10 Å². The number of hydrogen-bond acceptors (Lipinski definition) is 5. The van der Waals surface area contributed by atoms with Crippen molar-refractivity contribution in [2.45, 2.75) is 25.5 Å². The number of hydrogen-bond donors (Lipinski definition) is 1. The summed E-state index contributed by atoms with van der Waals surface area (Å²) in [4.78, 5) is 19.5. The summed E-state index contributed by atoms with van der Waals surface area (Å²) in [5.74, 6) is 0.540. The molecule has 1 saturated heterocycles. The lowest BCUT2D eigenvalue weighted by atomic mass is 10.1. The zero-order valence-corrected chi connectivity index (χ0v) is 15.7.